The van der Waals surface area contributed by atoms with E-state index in [-0.39, 0.29) is 109 Å². The summed E-state index contributed by atoms with van der Waals surface area (Å²) in [6.45, 7) is 3.41. The molecule has 18 atom stereocenters. The molecule has 46 heteroatoms. The first-order chi connectivity index (χ1) is 69.3. The van der Waals surface area contributed by atoms with Crippen LogP contribution in [0.25, 0.3) is 11.1 Å². The van der Waals surface area contributed by atoms with Gasteiger partial charge in [-0.15, -0.1) is 0 Å². The Morgan fingerprint density at radius 2 is 1.23 bits per heavy atom. The fourth-order valence-electron chi connectivity index (χ4n) is 21.9. The van der Waals surface area contributed by atoms with Gasteiger partial charge < -0.3 is 135 Å². The lowest BCUT2D eigenvalue weighted by Gasteiger charge is -2.54. The molecule has 2 saturated heterocycles. The number of ether oxygens (including phenoxy) is 12. The van der Waals surface area contributed by atoms with Gasteiger partial charge in [0.05, 0.1) is 102 Å². The lowest BCUT2D eigenvalue weighted by Crippen LogP contribution is -2.66. The summed E-state index contributed by atoms with van der Waals surface area (Å²) >= 11 is 14.7. The van der Waals surface area contributed by atoms with Crippen LogP contribution in [0.2, 0.25) is 10.0 Å². The van der Waals surface area contributed by atoms with Gasteiger partial charge in [-0.05, 0) is 194 Å². The number of likely N-dealkylation sites (N-methyl/N-ethyl adjacent to an activating group) is 1. The molecule has 7 amide bonds. The number of methoxy groups -OCH3 is 4. The number of halogens is 2. The molecule has 0 radical (unpaired) electrons. The molecule has 16 N–H and O–H groups in total. The van der Waals surface area contributed by atoms with Crippen LogP contribution in [0, 0.1) is 61.7 Å². The van der Waals surface area contributed by atoms with Crippen LogP contribution >= 0.6 is 23.2 Å². The number of nitrogens with zero attached hydrogens (tertiary/aromatic N) is 3. The van der Waals surface area contributed by atoms with Gasteiger partial charge in [-0.2, -0.15) is 0 Å². The predicted molar refractivity (Wildman–Crippen MR) is 507 cm³/mol. The quantitative estimate of drug-likeness (QED) is 0.0139. The van der Waals surface area contributed by atoms with E-state index >= 15 is 33.6 Å². The van der Waals surface area contributed by atoms with Crippen molar-refractivity contribution in [2.75, 3.05) is 42.1 Å². The maximum Gasteiger partial charge on any atom is 0.410 e. The normalized spacial score (nSPS) is 28.2. The summed E-state index contributed by atoms with van der Waals surface area (Å²) in [7, 11) is 6.15. The largest absolute Gasteiger partial charge is 0.508 e. The number of nitro groups is 2. The number of rotatable bonds is 26. The molecule has 780 valence electrons. The second kappa shape index (κ2) is 42.7. The van der Waals surface area contributed by atoms with Gasteiger partial charge in [0.15, 0.2) is 64.2 Å². The van der Waals surface area contributed by atoms with Crippen LogP contribution in [0.15, 0.2) is 103 Å². The van der Waals surface area contributed by atoms with Crippen LogP contribution in [0.5, 0.6) is 57.5 Å². The summed E-state index contributed by atoms with van der Waals surface area (Å²) in [6.07, 6.45) is -22.0. The Kier molecular flexibility index (Phi) is 30.9. The van der Waals surface area contributed by atoms with E-state index in [4.69, 9.17) is 85.8 Å². The number of hydrogen-bond acceptors (Lipinski definition) is 35. The number of hydrogen-bond donors (Lipinski definition) is 15. The number of carbonyl (C=O) groups is 10. The van der Waals surface area contributed by atoms with Crippen molar-refractivity contribution in [2.24, 2.45) is 47.2 Å². The number of ketones is 3. The molecule has 6 fully saturated rings. The summed E-state index contributed by atoms with van der Waals surface area (Å²) in [4.78, 5) is 178. The van der Waals surface area contributed by atoms with Gasteiger partial charge in [0.25, 0.3) is 11.4 Å². The number of alkyl carbamates (subject to hydrolysis) is 1. The van der Waals surface area contributed by atoms with Crippen molar-refractivity contribution in [1.29, 1.82) is 0 Å². The standard InChI is InChI=1S/C100H111Cl2N9O35/c1-41(2)16-65(109(5)98(128)140-40-53-29-72(136-7)74(138-9)36-64(53)111(133)134)94(125)106-83-66(114)25-51(30-78(103)117)92(123)104-81-50-26-75(142-69-14-11-46(85(83)118)23-61(69)101)89(146-96-90(88(121)87(120)77(38-112)144-96)145-79-37-99(4,91(122)42(3)141-79)108-97(127)139-39-52-28-71(135-6)73(137-8)35-63(52)110(131)132)76(27-50)143-70-15-12-47(24-62(70)102)86(119)84-95(126)105-82(68(116)33-55-48-18-43-17-44(20-48)21-49(55)19-43)58-31-54(113)32-60-80(58)57-22-45(10-13-59(57)100(60,129)130)56(34-67(81)115)93(124)107-84/h10-15,22-24,26-29,31-32,35-36,41-44,48-49,51,55-56,65,77,79,81-88,90-91,96,112-113,118-122,129-130H,16-21,25,30,33-34,37-40H2,1-9H3,(H2,103,117)(H,104,123)(H,105,126)(H,106,125)(H,107,124)(H,108,127)/t42-,43?,44?,48?,49?,51-,55?,56+,65+,77+,79-,81+,82-,83-,84-,85+,86+,87+,88-,90+,91+,96-,99-/m0/s1. The number of phenols is 1. The highest BCUT2D eigenvalue weighted by Gasteiger charge is 2.56. The summed E-state index contributed by atoms with van der Waals surface area (Å²) in [6, 6.07) is 9.11. The van der Waals surface area contributed by atoms with E-state index in [1.807, 2.05) is 0 Å². The lowest BCUT2D eigenvalue weighted by atomic mass is 9.51. The zero-order valence-electron chi connectivity index (χ0n) is 80.3. The number of nitro benzene ring substituents is 2. The van der Waals surface area contributed by atoms with Gasteiger partial charge in [-0.25, -0.2) is 9.59 Å². The number of carbonyl (C=O) groups excluding carboxylic acids is 10. The smallest absolute Gasteiger partial charge is 0.410 e. The molecule has 44 nitrogen and oxygen atoms in total. The van der Waals surface area contributed by atoms with Crippen LogP contribution in [-0.2, 0) is 81.0 Å². The van der Waals surface area contributed by atoms with E-state index in [0.717, 1.165) is 105 Å². The summed E-state index contributed by atoms with van der Waals surface area (Å²) < 4.78 is 71.9. The number of aromatic hydroxyl groups is 1. The highest BCUT2D eigenvalue weighted by Crippen LogP contribution is 2.60. The second-order valence-electron chi connectivity index (χ2n) is 39.1. The number of Topliss-reactive ketones (excluding diaryl/α,β-unsaturated/α-hetero) is 3. The van der Waals surface area contributed by atoms with Gasteiger partial charge in [0, 0.05) is 50.3 Å². The molecular formula is C100H111Cl2N9O35. The number of benzene rings is 7. The van der Waals surface area contributed by atoms with E-state index in [1.54, 1.807) is 13.8 Å². The highest BCUT2D eigenvalue weighted by molar-refractivity contribution is 6.32. The zero-order valence-corrected chi connectivity index (χ0v) is 81.8. The Labute approximate surface area is 843 Å². The van der Waals surface area contributed by atoms with Crippen molar-refractivity contribution in [3.8, 4) is 68.6 Å². The number of aliphatic hydroxyl groups is 8. The van der Waals surface area contributed by atoms with E-state index < -0.39 is 297 Å². The highest BCUT2D eigenvalue weighted by atomic mass is 35.5. The average molecular weight is 2070 g/mol. The van der Waals surface area contributed by atoms with E-state index in [2.05, 4.69) is 26.6 Å². The number of fused-ring (bicyclic) bond motifs is 12. The molecule has 0 spiro atoms. The van der Waals surface area contributed by atoms with Crippen LogP contribution in [0.3, 0.4) is 0 Å². The second-order valence-corrected chi connectivity index (χ2v) is 39.9. The zero-order chi connectivity index (χ0) is 105. The van der Waals surface area contributed by atoms with Crippen molar-refractivity contribution >= 4 is 93.6 Å². The minimum absolute atomic E-state index is 0.0196. The maximum atomic E-state index is 16.9. The van der Waals surface area contributed by atoms with Gasteiger partial charge in [-0.3, -0.25) is 63.5 Å². The van der Waals surface area contributed by atoms with Crippen LogP contribution in [0.4, 0.5) is 21.0 Å². The molecule has 7 aromatic carbocycles. The number of amides is 7. The molecule has 15 bridgehead atoms. The van der Waals surface area contributed by atoms with Crippen molar-refractivity contribution in [3.05, 3.63) is 183 Å². The van der Waals surface area contributed by atoms with Gasteiger partial charge in [0.1, 0.15) is 97.3 Å². The molecule has 7 aromatic rings. The molecule has 5 aliphatic carbocycles. The van der Waals surface area contributed by atoms with Gasteiger partial charge in [-0.1, -0.05) is 61.3 Å². The Hall–Kier alpha value is -13.2. The summed E-state index contributed by atoms with van der Waals surface area (Å²) in [5, 5.41) is 147. The number of phenolic OH excluding ortho intramolecular Hbond substituents is 1. The van der Waals surface area contributed by atoms with Gasteiger partial charge in [0.2, 0.25) is 47.4 Å². The maximum absolute atomic E-state index is 16.9. The molecule has 146 heavy (non-hydrogen) atoms. The van der Waals surface area contributed by atoms with Crippen LogP contribution in [0.1, 0.15) is 179 Å². The monoisotopic (exact) mass is 2070 g/mol. The fraction of sp³-hybridized carbons (Fsp3) is 0.480. The van der Waals surface area contributed by atoms with E-state index in [9.17, 15) is 80.6 Å². The van der Waals surface area contributed by atoms with E-state index in [1.165, 1.54) is 84.8 Å². The number of nitrogens with two attached hydrogens (primary N) is 1. The SMILES string of the molecule is COc1cc(COC(=O)N[C@@]2(C)C[C@H](O[C@H]3[C@H](Oc4c5cc6cc4Oc4ccc(cc4Cl)[C@@H](O)[C@@H](NC(=O)[C@@H](CC(C)C)N(C)C(=O)OCc4cc(OC)c(OC)cc4[N+](=O)[O-])C(=O)C[C@@H](CC(N)=O)C(=O)N[C@H]6C(=O)C[C@H]4C(=O)N[C@H](C(=O)N[C@H](C(=O)CC6C7CC8CC(C7)CC6C8)c6cc(O)cc7c6-c6cc4ccc6C7(O)O)[C@H](O)c4ccc(c(Cl)c4)O5)O[C@H](CO)[C@@H](O)[C@@H]3O)O[C@@H](C)[C@H]2O)c([N+](=O)[O-])cc1OC. The fourth-order valence-corrected chi connectivity index (χ4v) is 22.3. The van der Waals surface area contributed by atoms with Gasteiger partial charge >= 0.3 is 12.2 Å². The Morgan fingerprint density at radius 1 is 0.651 bits per heavy atom. The Morgan fingerprint density at radius 3 is 1.79 bits per heavy atom. The van der Waals surface area contributed by atoms with Crippen molar-refractivity contribution < 1.29 is 161 Å². The van der Waals surface area contributed by atoms with E-state index in [0.29, 0.717) is 11.8 Å². The third-order valence-electron chi connectivity index (χ3n) is 29.1. The molecule has 7 heterocycles. The predicted octanol–water partition coefficient (Wildman–Crippen LogP) is 7.98. The number of nitrogens with one attached hydrogen (secondary N) is 5. The Balaban J connectivity index is 0.832. The first-order valence-electron chi connectivity index (χ1n) is 47.2. The first-order valence-corrected chi connectivity index (χ1v) is 48.0. The van der Waals surface area contributed by atoms with Crippen LogP contribution < -0.4 is 65.5 Å². The lowest BCUT2D eigenvalue weighted by molar-refractivity contribution is -0.386. The molecule has 19 rings (SSSR count). The van der Waals surface area contributed by atoms with Crippen molar-refractivity contribution in [3.63, 3.8) is 0 Å². The minimum atomic E-state index is -3.00. The molecule has 12 aliphatic rings. The molecule has 0 aromatic heterocycles. The minimum Gasteiger partial charge on any atom is -0.508 e. The molecule has 0 unspecified atom stereocenters. The van der Waals surface area contributed by atoms with Crippen LogP contribution in [-0.4, -0.2) is 235 Å². The molecule has 7 aliphatic heterocycles. The van der Waals surface area contributed by atoms with Crippen molar-refractivity contribution in [2.45, 2.75) is 220 Å². The Bertz CT molecular complexity index is 6320. The molecular weight excluding hydrogens is 1960 g/mol. The first kappa shape index (κ1) is 106. The summed E-state index contributed by atoms with van der Waals surface area (Å²) in [5.74, 6) is -19.5. The topological polar surface area (TPSA) is 639 Å². The average Bonchev–Trinajstić information content (AvgIpc) is 1.55. The third-order valence-corrected chi connectivity index (χ3v) is 29.7. The summed E-state index contributed by atoms with van der Waals surface area (Å²) in [5.41, 5.74) is 0.534. The van der Waals surface area contributed by atoms with Crippen molar-refractivity contribution in [1.82, 2.24) is 31.5 Å². The number of primary amides is 1. The third kappa shape index (κ3) is 21.3. The molecule has 4 saturated carbocycles. The number of aliphatic hydroxyl groups excluding tert-OH is 6.